The first-order valence-corrected chi connectivity index (χ1v) is 14.7. The van der Waals surface area contributed by atoms with Crippen LogP contribution in [0.15, 0.2) is 65.6 Å². The zero-order valence-electron chi connectivity index (χ0n) is 23.3. The summed E-state index contributed by atoms with van der Waals surface area (Å²) in [6.45, 7) is 3.25. The number of carbonyl (C=O) groups is 3. The number of aryl methyl sites for hydroxylation is 1. The Kier molecular flexibility index (Phi) is 10.4. The highest BCUT2D eigenvalue weighted by molar-refractivity contribution is 8.26. The maximum absolute atomic E-state index is 13.3. The second kappa shape index (κ2) is 14.0. The molecule has 0 aliphatic carbocycles. The van der Waals surface area contributed by atoms with Crippen molar-refractivity contribution in [2.24, 2.45) is 0 Å². The van der Waals surface area contributed by atoms with Crippen molar-refractivity contribution in [3.63, 3.8) is 0 Å². The van der Waals surface area contributed by atoms with Crippen LogP contribution < -0.4 is 10.1 Å². The largest absolute Gasteiger partial charge is 0.492 e. The van der Waals surface area contributed by atoms with Crippen molar-refractivity contribution in [2.45, 2.75) is 13.3 Å². The minimum Gasteiger partial charge on any atom is -0.492 e. The van der Waals surface area contributed by atoms with Gasteiger partial charge in [-0.15, -0.1) is 0 Å². The normalized spacial score (nSPS) is 14.1. The molecule has 1 heterocycles. The number of amides is 2. The molecule has 0 radical (unpaired) electrons. The van der Waals surface area contributed by atoms with Crippen molar-refractivity contribution in [1.82, 2.24) is 9.80 Å². The summed E-state index contributed by atoms with van der Waals surface area (Å²) >= 11 is 13.0. The molecule has 2 N–H and O–H groups in total. The maximum Gasteiger partial charge on any atom is 0.335 e. The lowest BCUT2D eigenvalue weighted by Gasteiger charge is -2.15. The van der Waals surface area contributed by atoms with Crippen LogP contribution in [0.4, 0.5) is 5.69 Å². The molecule has 0 spiro atoms. The number of rotatable bonds is 11. The third-order valence-electron chi connectivity index (χ3n) is 6.45. The molecular weight excluding hydrogens is 594 g/mol. The van der Waals surface area contributed by atoms with Gasteiger partial charge in [-0.25, -0.2) is 4.79 Å². The van der Waals surface area contributed by atoms with Crippen molar-refractivity contribution >= 4 is 69.4 Å². The summed E-state index contributed by atoms with van der Waals surface area (Å²) in [4.78, 5) is 40.8. The number of hydrogen-bond donors (Lipinski definition) is 2. The number of carboxylic acids is 1. The number of carbonyl (C=O) groups excluding carboxylic acids is 2. The molecule has 1 aliphatic rings. The molecule has 0 unspecified atom stereocenters. The Hall–Kier alpha value is -3.70. The Bertz CT molecular complexity index is 1560. The van der Waals surface area contributed by atoms with Crippen LogP contribution in [0.25, 0.3) is 17.2 Å². The lowest BCUT2D eigenvalue weighted by Crippen LogP contribution is -2.31. The number of anilines is 1. The van der Waals surface area contributed by atoms with Gasteiger partial charge >= 0.3 is 5.97 Å². The molecule has 0 bridgehead atoms. The smallest absolute Gasteiger partial charge is 0.335 e. The maximum atomic E-state index is 13.3. The fourth-order valence-electron chi connectivity index (χ4n) is 4.05. The molecule has 11 heteroatoms. The third-order valence-corrected chi connectivity index (χ3v) is 8.23. The number of hydrogen-bond acceptors (Lipinski definition) is 7. The molecule has 218 valence electrons. The first-order chi connectivity index (χ1) is 20.0. The molecule has 3 aromatic carbocycles. The number of nitrogens with zero attached hydrogens (tertiary/aromatic N) is 2. The van der Waals surface area contributed by atoms with Gasteiger partial charge in [0.2, 0.25) is 5.91 Å². The molecule has 42 heavy (non-hydrogen) atoms. The minimum absolute atomic E-state index is 0.0168. The fraction of sp³-hybridized carbons (Fsp3) is 0.226. The van der Waals surface area contributed by atoms with Crippen LogP contribution in [0.5, 0.6) is 5.75 Å². The number of thiocarbonyl (C=S) groups is 1. The summed E-state index contributed by atoms with van der Waals surface area (Å²) in [5.74, 6) is -1.02. The van der Waals surface area contributed by atoms with Crippen LogP contribution in [-0.4, -0.2) is 70.8 Å². The van der Waals surface area contributed by atoms with E-state index in [9.17, 15) is 14.4 Å². The summed E-state index contributed by atoms with van der Waals surface area (Å²) in [6, 6.07) is 17.5. The van der Waals surface area contributed by atoms with E-state index in [-0.39, 0.29) is 30.3 Å². The fourth-order valence-corrected chi connectivity index (χ4v) is 5.53. The summed E-state index contributed by atoms with van der Waals surface area (Å²) in [7, 11) is 3.93. The molecule has 1 saturated heterocycles. The third kappa shape index (κ3) is 7.98. The molecular formula is C31H30ClN3O5S2. The molecule has 3 aromatic rings. The van der Waals surface area contributed by atoms with Crippen molar-refractivity contribution in [1.29, 1.82) is 0 Å². The second-order valence-corrected chi connectivity index (χ2v) is 12.0. The van der Waals surface area contributed by atoms with E-state index in [4.69, 9.17) is 33.7 Å². The van der Waals surface area contributed by atoms with Gasteiger partial charge < -0.3 is 20.1 Å². The predicted octanol–water partition coefficient (Wildman–Crippen LogP) is 6.18. The van der Waals surface area contributed by atoms with Crippen LogP contribution in [-0.2, 0) is 9.59 Å². The standard InChI is InChI=1S/C31H30ClN3O5S2/c1-19-4-5-22(17-25(19)32)21-8-11-26(40-15-14-34(2)3)23(16-21)18-27-29(37)35(31(41)42-27)13-12-28(36)33-24-9-6-20(7-10-24)30(38)39/h4-11,16-18H,12-15H2,1-3H3,(H,33,36)(H,38,39)/b27-18-. The number of thioether (sulfide) groups is 1. The van der Waals surface area contributed by atoms with Gasteiger partial charge in [-0.1, -0.05) is 53.8 Å². The molecule has 0 aromatic heterocycles. The molecule has 2 amide bonds. The lowest BCUT2D eigenvalue weighted by atomic mass is 10.0. The van der Waals surface area contributed by atoms with Crippen molar-refractivity contribution in [3.05, 3.63) is 87.3 Å². The van der Waals surface area contributed by atoms with E-state index in [0.29, 0.717) is 32.3 Å². The summed E-state index contributed by atoms with van der Waals surface area (Å²) in [5.41, 5.74) is 4.16. The number of benzene rings is 3. The zero-order chi connectivity index (χ0) is 30.4. The molecule has 1 fully saturated rings. The topological polar surface area (TPSA) is 99.2 Å². The molecule has 4 rings (SSSR count). The Morgan fingerprint density at radius 2 is 1.79 bits per heavy atom. The van der Waals surface area contributed by atoms with Gasteiger partial charge in [-0.3, -0.25) is 14.5 Å². The van der Waals surface area contributed by atoms with Gasteiger partial charge in [-0.05, 0) is 86.3 Å². The number of ether oxygens (including phenoxy) is 1. The van der Waals surface area contributed by atoms with E-state index in [1.807, 2.05) is 62.3 Å². The number of nitrogens with one attached hydrogen (secondary N) is 1. The van der Waals surface area contributed by atoms with Crippen molar-refractivity contribution in [2.75, 3.05) is 39.1 Å². The molecule has 1 aliphatic heterocycles. The van der Waals surface area contributed by atoms with E-state index >= 15 is 0 Å². The van der Waals surface area contributed by atoms with Gasteiger partial charge in [0.25, 0.3) is 5.91 Å². The van der Waals surface area contributed by atoms with Crippen molar-refractivity contribution < 1.29 is 24.2 Å². The van der Waals surface area contributed by atoms with Crippen LogP contribution in [0, 0.1) is 6.92 Å². The van der Waals surface area contributed by atoms with E-state index in [0.717, 1.165) is 28.8 Å². The summed E-state index contributed by atoms with van der Waals surface area (Å²) in [6.07, 6.45) is 1.79. The first-order valence-electron chi connectivity index (χ1n) is 13.1. The Labute approximate surface area is 259 Å². The quantitative estimate of drug-likeness (QED) is 0.193. The average molecular weight is 624 g/mol. The van der Waals surface area contributed by atoms with Crippen LogP contribution in [0.2, 0.25) is 5.02 Å². The highest BCUT2D eigenvalue weighted by Gasteiger charge is 2.32. The molecule has 0 saturated carbocycles. The minimum atomic E-state index is -1.05. The number of halogens is 1. The van der Waals surface area contributed by atoms with E-state index in [1.165, 1.54) is 40.9 Å². The molecule has 8 nitrogen and oxygen atoms in total. The average Bonchev–Trinajstić information content (AvgIpc) is 3.21. The van der Waals surface area contributed by atoms with Crippen molar-refractivity contribution in [3.8, 4) is 16.9 Å². The highest BCUT2D eigenvalue weighted by atomic mass is 35.5. The summed E-state index contributed by atoms with van der Waals surface area (Å²) < 4.78 is 6.43. The first kappa shape index (κ1) is 31.2. The Balaban J connectivity index is 1.50. The lowest BCUT2D eigenvalue weighted by molar-refractivity contribution is -0.122. The monoisotopic (exact) mass is 623 g/mol. The van der Waals surface area contributed by atoms with E-state index in [2.05, 4.69) is 5.32 Å². The number of aromatic carboxylic acids is 1. The molecule has 0 atom stereocenters. The number of likely N-dealkylation sites (N-methyl/N-ethyl adjacent to an activating group) is 1. The van der Waals surface area contributed by atoms with Gasteiger partial charge in [0.15, 0.2) is 0 Å². The SMILES string of the molecule is Cc1ccc(-c2ccc(OCCN(C)C)c(/C=C3\SC(=S)N(CCC(=O)Nc4ccc(C(=O)O)cc4)C3=O)c2)cc1Cl. The van der Waals surface area contributed by atoms with Crippen LogP contribution in [0.3, 0.4) is 0 Å². The van der Waals surface area contributed by atoms with Crippen LogP contribution >= 0.6 is 35.6 Å². The Morgan fingerprint density at radius 3 is 2.45 bits per heavy atom. The summed E-state index contributed by atoms with van der Waals surface area (Å²) in [5, 5.41) is 12.4. The van der Waals surface area contributed by atoms with E-state index < -0.39 is 5.97 Å². The van der Waals surface area contributed by atoms with Gasteiger partial charge in [0, 0.05) is 35.8 Å². The van der Waals surface area contributed by atoms with Crippen LogP contribution in [0.1, 0.15) is 27.9 Å². The number of carboxylic acid groups (broad SMARTS) is 1. The van der Waals surface area contributed by atoms with Gasteiger partial charge in [0.1, 0.15) is 16.7 Å². The van der Waals surface area contributed by atoms with Gasteiger partial charge in [0.05, 0.1) is 10.5 Å². The highest BCUT2D eigenvalue weighted by Crippen LogP contribution is 2.36. The van der Waals surface area contributed by atoms with E-state index in [1.54, 1.807) is 6.08 Å². The van der Waals surface area contributed by atoms with Gasteiger partial charge in [-0.2, -0.15) is 0 Å². The zero-order valence-corrected chi connectivity index (χ0v) is 25.7. The second-order valence-electron chi connectivity index (χ2n) is 9.88. The predicted molar refractivity (Wildman–Crippen MR) is 172 cm³/mol. The Morgan fingerprint density at radius 1 is 1.10 bits per heavy atom.